The number of halogens is 1. The minimum Gasteiger partial charge on any atom is -0.468 e. The minimum atomic E-state index is -1.27. The zero-order valence-electron chi connectivity index (χ0n) is 18.6. The monoisotopic (exact) mass is 438 g/mol. The maximum Gasteiger partial charge on any atom is 0.326 e. The van der Waals surface area contributed by atoms with E-state index < -0.39 is 29.4 Å². The molecule has 168 valence electrons. The number of carbonyl (C=O) groups excluding carboxylic acids is 3. The van der Waals surface area contributed by atoms with Crippen LogP contribution in [0.4, 0.5) is 4.39 Å². The fourth-order valence-electron chi connectivity index (χ4n) is 5.24. The molecule has 2 amide bonds. The molecule has 2 aliphatic rings. The fourth-order valence-corrected chi connectivity index (χ4v) is 5.24. The number of amides is 2. The summed E-state index contributed by atoms with van der Waals surface area (Å²) in [4.78, 5) is 40.3. The van der Waals surface area contributed by atoms with E-state index in [4.69, 9.17) is 4.74 Å². The normalized spacial score (nSPS) is 27.2. The molecular formula is C25H27FN2O4. The Labute approximate surface area is 186 Å². The molecular weight excluding hydrogens is 411 g/mol. The van der Waals surface area contributed by atoms with Gasteiger partial charge in [0.15, 0.2) is 0 Å². The molecule has 6 nitrogen and oxygen atoms in total. The van der Waals surface area contributed by atoms with E-state index in [0.717, 1.165) is 21.6 Å². The van der Waals surface area contributed by atoms with Gasteiger partial charge in [0.05, 0.1) is 18.9 Å². The molecule has 32 heavy (non-hydrogen) atoms. The van der Waals surface area contributed by atoms with Crippen molar-refractivity contribution < 1.29 is 23.5 Å². The van der Waals surface area contributed by atoms with Gasteiger partial charge in [-0.1, -0.05) is 50.2 Å². The number of methoxy groups -OCH3 is 1. The molecule has 3 unspecified atom stereocenters. The molecule has 2 aromatic rings. The lowest BCUT2D eigenvalue weighted by atomic mass is 9.75. The van der Waals surface area contributed by atoms with Crippen LogP contribution in [-0.4, -0.2) is 42.4 Å². The lowest BCUT2D eigenvalue weighted by molar-refractivity contribution is -0.154. The van der Waals surface area contributed by atoms with Crippen LogP contribution in [0, 0.1) is 23.6 Å². The molecule has 2 aromatic carbocycles. The van der Waals surface area contributed by atoms with Crippen molar-refractivity contribution in [3.8, 4) is 11.1 Å². The van der Waals surface area contributed by atoms with E-state index in [9.17, 15) is 18.8 Å². The highest BCUT2D eigenvalue weighted by Crippen LogP contribution is 2.51. The number of likely N-dealkylation sites (tertiary alicyclic amines) is 1. The Hall–Kier alpha value is -3.06. The zero-order chi connectivity index (χ0) is 23.2. The molecule has 4 rings (SSSR count). The lowest BCUT2D eigenvalue weighted by Gasteiger charge is -2.33. The molecule has 2 aliphatic heterocycles. The predicted octanol–water partition coefficient (Wildman–Crippen LogP) is 3.33. The van der Waals surface area contributed by atoms with Gasteiger partial charge in [-0.3, -0.25) is 24.6 Å². The van der Waals surface area contributed by atoms with Crippen molar-refractivity contribution in [2.45, 2.75) is 31.8 Å². The Morgan fingerprint density at radius 3 is 2.16 bits per heavy atom. The van der Waals surface area contributed by atoms with E-state index in [1.54, 1.807) is 12.1 Å². The van der Waals surface area contributed by atoms with Gasteiger partial charge in [-0.15, -0.1) is 0 Å². The molecule has 0 aromatic heterocycles. The van der Waals surface area contributed by atoms with Gasteiger partial charge in [0, 0.05) is 13.1 Å². The highest BCUT2D eigenvalue weighted by Gasteiger charge is 2.68. The van der Waals surface area contributed by atoms with Crippen molar-refractivity contribution in [3.05, 3.63) is 59.9 Å². The first-order valence-electron chi connectivity index (χ1n) is 10.7. The van der Waals surface area contributed by atoms with Crippen molar-refractivity contribution in [1.82, 2.24) is 10.2 Å². The molecule has 0 saturated carbocycles. The summed E-state index contributed by atoms with van der Waals surface area (Å²) in [7, 11) is 2.77. The number of benzene rings is 2. The molecule has 7 heteroatoms. The molecule has 1 N–H and O–H groups in total. The smallest absolute Gasteiger partial charge is 0.326 e. The minimum absolute atomic E-state index is 0.0932. The largest absolute Gasteiger partial charge is 0.468 e. The van der Waals surface area contributed by atoms with E-state index in [0.29, 0.717) is 6.42 Å². The molecule has 0 spiro atoms. The second kappa shape index (κ2) is 8.13. The molecule has 4 atom stereocenters. The van der Waals surface area contributed by atoms with Gasteiger partial charge in [-0.25, -0.2) is 4.39 Å². The number of hydrogen-bond acceptors (Lipinski definition) is 5. The van der Waals surface area contributed by atoms with Crippen LogP contribution >= 0.6 is 0 Å². The van der Waals surface area contributed by atoms with Crippen LogP contribution < -0.4 is 5.32 Å². The van der Waals surface area contributed by atoms with Gasteiger partial charge >= 0.3 is 5.97 Å². The van der Waals surface area contributed by atoms with Crippen LogP contribution in [0.1, 0.15) is 31.9 Å². The van der Waals surface area contributed by atoms with E-state index in [1.165, 1.54) is 26.3 Å². The summed E-state index contributed by atoms with van der Waals surface area (Å²) in [5.74, 6) is -2.90. The van der Waals surface area contributed by atoms with Crippen molar-refractivity contribution in [2.75, 3.05) is 14.2 Å². The molecule has 0 aliphatic carbocycles. The topological polar surface area (TPSA) is 75.7 Å². The maximum absolute atomic E-state index is 13.2. The van der Waals surface area contributed by atoms with Crippen molar-refractivity contribution in [1.29, 1.82) is 0 Å². The Kier molecular flexibility index (Phi) is 5.63. The highest BCUT2D eigenvalue weighted by atomic mass is 19.1. The van der Waals surface area contributed by atoms with Gasteiger partial charge in [0.25, 0.3) is 0 Å². The average Bonchev–Trinajstić information content (AvgIpc) is 3.23. The number of esters is 1. The first-order chi connectivity index (χ1) is 15.2. The predicted molar refractivity (Wildman–Crippen MR) is 117 cm³/mol. The third kappa shape index (κ3) is 3.41. The molecule has 2 saturated heterocycles. The summed E-state index contributed by atoms with van der Waals surface area (Å²) in [6, 6.07) is 13.2. The average molecular weight is 438 g/mol. The van der Waals surface area contributed by atoms with Gasteiger partial charge in [-0.05, 0) is 41.2 Å². The Morgan fingerprint density at radius 2 is 1.62 bits per heavy atom. The number of ether oxygens (including phenoxy) is 1. The van der Waals surface area contributed by atoms with Crippen LogP contribution in [0.25, 0.3) is 11.1 Å². The molecule has 2 heterocycles. The number of carbonyl (C=O) groups is 3. The highest BCUT2D eigenvalue weighted by molar-refractivity contribution is 6.09. The van der Waals surface area contributed by atoms with Crippen LogP contribution in [-0.2, 0) is 19.1 Å². The summed E-state index contributed by atoms with van der Waals surface area (Å²) in [6.07, 6.45) is 0.373. The third-order valence-corrected chi connectivity index (χ3v) is 6.60. The fraction of sp³-hybridized carbons (Fsp3) is 0.400. The molecule has 0 radical (unpaired) electrons. The lowest BCUT2D eigenvalue weighted by Crippen LogP contribution is -2.56. The number of nitrogens with zero attached hydrogens (tertiary/aromatic N) is 1. The van der Waals surface area contributed by atoms with Crippen LogP contribution in [0.5, 0.6) is 0 Å². The van der Waals surface area contributed by atoms with Crippen LogP contribution in [0.3, 0.4) is 0 Å². The van der Waals surface area contributed by atoms with Crippen molar-refractivity contribution in [3.63, 3.8) is 0 Å². The Balaban J connectivity index is 1.75. The number of fused-ring (bicyclic) bond motifs is 1. The second-order valence-electron chi connectivity index (χ2n) is 9.05. The van der Waals surface area contributed by atoms with Gasteiger partial charge in [0.1, 0.15) is 11.4 Å². The van der Waals surface area contributed by atoms with E-state index in [2.05, 4.69) is 5.32 Å². The van der Waals surface area contributed by atoms with Gasteiger partial charge in [0.2, 0.25) is 11.8 Å². The number of hydrogen-bond donors (Lipinski definition) is 1. The first-order valence-corrected chi connectivity index (χ1v) is 10.7. The molecule has 2 fully saturated rings. The van der Waals surface area contributed by atoms with Crippen LogP contribution in [0.15, 0.2) is 48.5 Å². The first kappa shape index (κ1) is 22.1. The number of nitrogens with one attached hydrogen (secondary N) is 1. The van der Waals surface area contributed by atoms with Crippen molar-refractivity contribution in [2.24, 2.45) is 17.8 Å². The van der Waals surface area contributed by atoms with Crippen LogP contribution in [0.2, 0.25) is 0 Å². The number of rotatable bonds is 5. The quantitative estimate of drug-likeness (QED) is 0.573. The van der Waals surface area contributed by atoms with E-state index in [1.807, 2.05) is 38.1 Å². The summed E-state index contributed by atoms with van der Waals surface area (Å²) in [5.41, 5.74) is 1.30. The maximum atomic E-state index is 13.2. The summed E-state index contributed by atoms with van der Waals surface area (Å²) in [6.45, 7) is 3.94. The van der Waals surface area contributed by atoms with Gasteiger partial charge in [-0.2, -0.15) is 0 Å². The molecule has 0 bridgehead atoms. The Bertz CT molecular complexity index is 1050. The second-order valence-corrected chi connectivity index (χ2v) is 9.05. The summed E-state index contributed by atoms with van der Waals surface area (Å²) in [5, 5.41) is 3.36. The summed E-state index contributed by atoms with van der Waals surface area (Å²) < 4.78 is 18.4. The number of imide groups is 1. The summed E-state index contributed by atoms with van der Waals surface area (Å²) >= 11 is 0. The third-order valence-electron chi connectivity index (χ3n) is 6.60. The Morgan fingerprint density at radius 1 is 1.06 bits per heavy atom. The standard InChI is InChI=1S/C25H27FN2O4/c1-14(2)13-25(24(31)32-4)20-19(22(29)28(3)23(20)30)21(27-25)17-7-5-15(6-8-17)16-9-11-18(26)12-10-16/h5-12,14,19-21,27H,13H2,1-4H3/t19?,20?,21?,25-/m1/s1. The van der Waals surface area contributed by atoms with E-state index >= 15 is 0 Å². The zero-order valence-corrected chi connectivity index (χ0v) is 18.6. The SMILES string of the molecule is COC(=O)[C@]1(CC(C)C)NC(c2ccc(-c3ccc(F)cc3)cc2)C2C(=O)N(C)C(=O)C21. The van der Waals surface area contributed by atoms with Gasteiger partial charge < -0.3 is 4.74 Å². The van der Waals surface area contributed by atoms with E-state index in [-0.39, 0.29) is 23.5 Å². The van der Waals surface area contributed by atoms with Crippen molar-refractivity contribution >= 4 is 17.8 Å².